The molecule has 4 rings (SSSR count). The quantitative estimate of drug-likeness (QED) is 0.116. The van der Waals surface area contributed by atoms with Gasteiger partial charge >= 0.3 is 0 Å². The van der Waals surface area contributed by atoms with Gasteiger partial charge in [-0.25, -0.2) is 8.42 Å². The van der Waals surface area contributed by atoms with Crippen LogP contribution in [0.25, 0.3) is 0 Å². The maximum atomic E-state index is 14.5. The van der Waals surface area contributed by atoms with Crippen molar-refractivity contribution in [3.63, 3.8) is 0 Å². The van der Waals surface area contributed by atoms with Crippen LogP contribution in [-0.4, -0.2) is 48.7 Å². The van der Waals surface area contributed by atoms with Crippen LogP contribution >= 0.6 is 23.2 Å². The maximum Gasteiger partial charge on any atom is 0.269 e. The molecule has 2 amide bonds. The number of sulfonamides is 1. The molecule has 0 spiro atoms. The molecule has 10 nitrogen and oxygen atoms in total. The van der Waals surface area contributed by atoms with Crippen molar-refractivity contribution in [3.05, 3.63) is 134 Å². The summed E-state index contributed by atoms with van der Waals surface area (Å²) in [6, 6.07) is 25.1. The van der Waals surface area contributed by atoms with Crippen molar-refractivity contribution >= 4 is 56.4 Å². The Balaban J connectivity index is 1.85. The maximum absolute atomic E-state index is 14.5. The zero-order valence-corrected chi connectivity index (χ0v) is 28.1. The molecule has 0 aliphatic heterocycles. The first-order valence-corrected chi connectivity index (χ1v) is 17.0. The Morgan fingerprint density at radius 2 is 1.45 bits per heavy atom. The number of hydrogen-bond donors (Lipinski definition) is 1. The van der Waals surface area contributed by atoms with Gasteiger partial charge in [0.15, 0.2) is 0 Å². The number of carbonyl (C=O) groups excluding carboxylic acids is 2. The number of anilines is 1. The number of amides is 2. The molecule has 4 aromatic carbocycles. The summed E-state index contributed by atoms with van der Waals surface area (Å²) in [7, 11) is -4.37. The van der Waals surface area contributed by atoms with Gasteiger partial charge in [-0.15, -0.1) is 0 Å². The highest BCUT2D eigenvalue weighted by molar-refractivity contribution is 7.92. The molecule has 0 saturated carbocycles. The van der Waals surface area contributed by atoms with Crippen molar-refractivity contribution in [3.8, 4) is 0 Å². The summed E-state index contributed by atoms with van der Waals surface area (Å²) in [6.07, 6.45) is 0.747. The molecular weight excluding hydrogens is 663 g/mol. The molecule has 0 fully saturated rings. The summed E-state index contributed by atoms with van der Waals surface area (Å²) in [5.74, 6) is -1.16. The predicted octanol–water partition coefficient (Wildman–Crippen LogP) is 6.65. The Morgan fingerprint density at radius 3 is 2.00 bits per heavy atom. The van der Waals surface area contributed by atoms with Gasteiger partial charge in [0.25, 0.3) is 15.7 Å². The second-order valence-electron chi connectivity index (χ2n) is 10.8. The predicted molar refractivity (Wildman–Crippen MR) is 183 cm³/mol. The molecule has 246 valence electrons. The van der Waals surface area contributed by atoms with Gasteiger partial charge < -0.3 is 10.2 Å². The number of benzene rings is 4. The van der Waals surface area contributed by atoms with Gasteiger partial charge in [0.1, 0.15) is 12.6 Å². The lowest BCUT2D eigenvalue weighted by Crippen LogP contribution is -2.54. The largest absolute Gasteiger partial charge is 0.352 e. The summed E-state index contributed by atoms with van der Waals surface area (Å²) in [6.45, 7) is 2.82. The summed E-state index contributed by atoms with van der Waals surface area (Å²) in [4.78, 5) is 40.4. The standard InChI is InChI=1S/C34H34Cl2N4O6S/c1-3-24(2)37-34(42)32(21-25-11-6-4-7-12-25)38(22-29-30(35)15-10-16-31(29)36)33(41)23-39(26-17-19-27(20-18-26)40(43)44)47(45,46)28-13-8-5-9-14-28/h4-20,24,32H,3,21-23H2,1-2H3,(H,37,42)/t24-,32+/m0/s1. The van der Waals surface area contributed by atoms with Crippen LogP contribution in [0, 0.1) is 10.1 Å². The molecule has 0 aliphatic rings. The van der Waals surface area contributed by atoms with Crippen molar-refractivity contribution in [1.82, 2.24) is 10.2 Å². The number of non-ortho nitro benzene ring substituents is 1. The Labute approximate surface area is 284 Å². The summed E-state index contributed by atoms with van der Waals surface area (Å²) in [5.41, 5.74) is 0.916. The highest BCUT2D eigenvalue weighted by Crippen LogP contribution is 2.29. The summed E-state index contributed by atoms with van der Waals surface area (Å²) < 4.78 is 29.0. The minimum atomic E-state index is -4.37. The Hall–Kier alpha value is -4.45. The van der Waals surface area contributed by atoms with Crippen molar-refractivity contribution in [2.75, 3.05) is 10.8 Å². The van der Waals surface area contributed by atoms with Crippen LogP contribution in [0.15, 0.2) is 108 Å². The SMILES string of the molecule is CC[C@H](C)NC(=O)[C@@H](Cc1ccccc1)N(Cc1c(Cl)cccc1Cl)C(=O)CN(c1ccc([N+](=O)[O-])cc1)S(=O)(=O)c1ccccc1. The first kappa shape index (κ1) is 35.4. The Bertz CT molecular complexity index is 1790. The average molecular weight is 698 g/mol. The fourth-order valence-electron chi connectivity index (χ4n) is 4.84. The van der Waals surface area contributed by atoms with Crippen LogP contribution in [0.3, 0.4) is 0 Å². The zero-order chi connectivity index (χ0) is 34.1. The number of nitrogens with zero attached hydrogens (tertiary/aromatic N) is 3. The van der Waals surface area contributed by atoms with Gasteiger partial charge in [0.05, 0.1) is 15.5 Å². The second kappa shape index (κ2) is 15.9. The van der Waals surface area contributed by atoms with E-state index >= 15 is 0 Å². The van der Waals surface area contributed by atoms with E-state index in [1.807, 2.05) is 44.2 Å². The topological polar surface area (TPSA) is 130 Å². The molecule has 0 radical (unpaired) electrons. The molecule has 13 heteroatoms. The van der Waals surface area contributed by atoms with E-state index in [4.69, 9.17) is 23.2 Å². The first-order chi connectivity index (χ1) is 22.4. The van der Waals surface area contributed by atoms with E-state index in [0.717, 1.165) is 22.0 Å². The van der Waals surface area contributed by atoms with Crippen LogP contribution < -0.4 is 9.62 Å². The van der Waals surface area contributed by atoms with E-state index in [1.54, 1.807) is 36.4 Å². The molecule has 0 heterocycles. The van der Waals surface area contributed by atoms with Crippen LogP contribution in [0.1, 0.15) is 31.4 Å². The highest BCUT2D eigenvalue weighted by Gasteiger charge is 2.35. The number of nitro groups is 1. The number of rotatable bonds is 14. The molecule has 0 unspecified atom stereocenters. The van der Waals surface area contributed by atoms with Crippen molar-refractivity contribution in [1.29, 1.82) is 0 Å². The van der Waals surface area contributed by atoms with Crippen LogP contribution in [0.4, 0.5) is 11.4 Å². The van der Waals surface area contributed by atoms with E-state index < -0.39 is 39.3 Å². The van der Waals surface area contributed by atoms with E-state index in [2.05, 4.69) is 5.32 Å². The Morgan fingerprint density at radius 1 is 0.872 bits per heavy atom. The Kier molecular flexibility index (Phi) is 12.0. The number of halogens is 2. The molecule has 1 N–H and O–H groups in total. The zero-order valence-electron chi connectivity index (χ0n) is 25.8. The van der Waals surface area contributed by atoms with E-state index in [1.165, 1.54) is 29.2 Å². The molecule has 0 bridgehead atoms. The monoisotopic (exact) mass is 696 g/mol. The number of nitro benzene ring substituents is 1. The third-order valence-electron chi connectivity index (χ3n) is 7.62. The normalized spacial score (nSPS) is 12.5. The van der Waals surface area contributed by atoms with Gasteiger partial charge in [-0.05, 0) is 55.3 Å². The first-order valence-electron chi connectivity index (χ1n) is 14.8. The molecule has 0 aromatic heterocycles. The average Bonchev–Trinajstić information content (AvgIpc) is 3.07. The number of nitrogens with one attached hydrogen (secondary N) is 1. The summed E-state index contributed by atoms with van der Waals surface area (Å²) >= 11 is 13.1. The van der Waals surface area contributed by atoms with Crippen LogP contribution in [0.5, 0.6) is 0 Å². The van der Waals surface area contributed by atoms with E-state index in [0.29, 0.717) is 12.0 Å². The van der Waals surface area contributed by atoms with Gasteiger partial charge in [0.2, 0.25) is 11.8 Å². The fourth-order valence-corrected chi connectivity index (χ4v) is 6.79. The van der Waals surface area contributed by atoms with Gasteiger partial charge in [0, 0.05) is 46.7 Å². The smallest absolute Gasteiger partial charge is 0.269 e. The molecule has 47 heavy (non-hydrogen) atoms. The van der Waals surface area contributed by atoms with E-state index in [9.17, 15) is 28.1 Å². The fraction of sp³-hybridized carbons (Fsp3) is 0.235. The third-order valence-corrected chi connectivity index (χ3v) is 10.1. The van der Waals surface area contributed by atoms with E-state index in [-0.39, 0.29) is 45.3 Å². The highest BCUT2D eigenvalue weighted by atomic mass is 35.5. The second-order valence-corrected chi connectivity index (χ2v) is 13.5. The number of hydrogen-bond acceptors (Lipinski definition) is 6. The molecule has 2 atom stereocenters. The number of carbonyl (C=O) groups is 2. The lowest BCUT2D eigenvalue weighted by atomic mass is 10.0. The van der Waals surface area contributed by atoms with Crippen molar-refractivity contribution in [2.45, 2.75) is 50.2 Å². The van der Waals surface area contributed by atoms with Crippen molar-refractivity contribution in [2.24, 2.45) is 0 Å². The van der Waals surface area contributed by atoms with Gasteiger partial charge in [-0.3, -0.25) is 24.0 Å². The molecule has 0 aliphatic carbocycles. The van der Waals surface area contributed by atoms with Crippen LogP contribution in [0.2, 0.25) is 10.0 Å². The minimum absolute atomic E-state index is 0.0206. The molecule has 4 aromatic rings. The van der Waals surface area contributed by atoms with Gasteiger partial charge in [-0.1, -0.05) is 84.7 Å². The molecular formula is C34H34Cl2N4O6S. The van der Waals surface area contributed by atoms with Crippen LogP contribution in [-0.2, 0) is 32.6 Å². The minimum Gasteiger partial charge on any atom is -0.352 e. The lowest BCUT2D eigenvalue weighted by Gasteiger charge is -2.34. The lowest BCUT2D eigenvalue weighted by molar-refractivity contribution is -0.384. The van der Waals surface area contributed by atoms with Gasteiger partial charge in [-0.2, -0.15) is 0 Å². The summed E-state index contributed by atoms with van der Waals surface area (Å²) in [5, 5.41) is 14.8. The molecule has 0 saturated heterocycles. The van der Waals surface area contributed by atoms with Crippen molar-refractivity contribution < 1.29 is 22.9 Å². The third kappa shape index (κ3) is 8.88.